The molecule has 1 aliphatic heterocycles. The smallest absolute Gasteiger partial charge is 0.122 e. The molecule has 1 aliphatic rings. The van der Waals surface area contributed by atoms with Gasteiger partial charge in [0.25, 0.3) is 0 Å². The molecule has 3 rings (SSSR count). The third kappa shape index (κ3) is 3.79. The maximum absolute atomic E-state index is 9.71. The average Bonchev–Trinajstić information content (AvgIpc) is 3.16. The quantitative estimate of drug-likeness (QED) is 0.882. The largest absolute Gasteiger partial charge is 0.492 e. The molecule has 0 unspecified atom stereocenters. The third-order valence-corrected chi connectivity index (χ3v) is 4.91. The Morgan fingerprint density at radius 2 is 2.12 bits per heavy atom. The summed E-state index contributed by atoms with van der Waals surface area (Å²) in [4.78, 5) is 2.38. The number of aryl methyl sites for hydroxylation is 3. The van der Waals surface area contributed by atoms with Gasteiger partial charge in [-0.15, -0.1) is 0 Å². The van der Waals surface area contributed by atoms with Gasteiger partial charge in [0.05, 0.1) is 6.20 Å². The fraction of sp³-hybridized carbons (Fsp3) is 0.526. The summed E-state index contributed by atoms with van der Waals surface area (Å²) in [6.07, 6.45) is 3.98. The van der Waals surface area contributed by atoms with Crippen molar-refractivity contribution in [3.8, 4) is 5.75 Å². The zero-order valence-corrected chi connectivity index (χ0v) is 14.8. The molecular weight excluding hydrogens is 302 g/mol. The van der Waals surface area contributed by atoms with E-state index in [0.717, 1.165) is 25.4 Å². The van der Waals surface area contributed by atoms with E-state index in [0.29, 0.717) is 12.5 Å². The summed E-state index contributed by atoms with van der Waals surface area (Å²) < 4.78 is 7.80. The Balaban J connectivity index is 1.55. The van der Waals surface area contributed by atoms with Crippen LogP contribution in [0.3, 0.4) is 0 Å². The molecule has 2 atom stereocenters. The van der Waals surface area contributed by atoms with E-state index in [4.69, 9.17) is 4.74 Å². The number of aromatic nitrogens is 2. The van der Waals surface area contributed by atoms with Crippen LogP contribution in [0.2, 0.25) is 0 Å². The highest BCUT2D eigenvalue weighted by Gasteiger charge is 2.33. The first kappa shape index (κ1) is 17.0. The lowest BCUT2D eigenvalue weighted by molar-refractivity contribution is 0.202. The normalized spacial score (nSPS) is 21.3. The lowest BCUT2D eigenvalue weighted by atomic mass is 9.92. The van der Waals surface area contributed by atoms with Gasteiger partial charge < -0.3 is 9.84 Å². The fourth-order valence-corrected chi connectivity index (χ4v) is 3.48. The molecule has 0 amide bonds. The van der Waals surface area contributed by atoms with Crippen LogP contribution in [-0.4, -0.2) is 52.6 Å². The SMILES string of the molecule is Cc1ccc(C)c(OCCN2C[C@@H](CO)[C@H](c3cnn(C)c3)C2)c1. The minimum Gasteiger partial charge on any atom is -0.492 e. The molecule has 130 valence electrons. The van der Waals surface area contributed by atoms with Crippen LogP contribution < -0.4 is 4.74 Å². The van der Waals surface area contributed by atoms with Crippen molar-refractivity contribution in [1.29, 1.82) is 0 Å². The Kier molecular flexibility index (Phi) is 5.21. The standard InChI is InChI=1S/C19H27N3O2/c1-14-4-5-15(2)19(8-14)24-7-6-22-11-17(13-23)18(12-22)16-9-20-21(3)10-16/h4-5,8-10,17-18,23H,6-7,11-13H2,1-3H3/t17-,18-/m0/s1. The van der Waals surface area contributed by atoms with Crippen molar-refractivity contribution in [1.82, 2.24) is 14.7 Å². The Morgan fingerprint density at radius 3 is 2.83 bits per heavy atom. The van der Waals surface area contributed by atoms with E-state index in [1.54, 1.807) is 0 Å². The van der Waals surface area contributed by atoms with Crippen molar-refractivity contribution in [2.75, 3.05) is 32.8 Å². The predicted molar refractivity (Wildman–Crippen MR) is 94.4 cm³/mol. The molecule has 1 fully saturated rings. The van der Waals surface area contributed by atoms with E-state index in [-0.39, 0.29) is 12.5 Å². The summed E-state index contributed by atoms with van der Waals surface area (Å²) in [5.41, 5.74) is 3.60. The molecule has 1 aromatic carbocycles. The Labute approximate surface area is 143 Å². The maximum Gasteiger partial charge on any atom is 0.122 e. The van der Waals surface area contributed by atoms with Crippen LogP contribution in [0.25, 0.3) is 0 Å². The maximum atomic E-state index is 9.71. The summed E-state index contributed by atoms with van der Waals surface area (Å²) in [7, 11) is 1.93. The van der Waals surface area contributed by atoms with Gasteiger partial charge in [-0.2, -0.15) is 5.10 Å². The topological polar surface area (TPSA) is 50.5 Å². The number of ether oxygens (including phenoxy) is 1. The Bertz CT molecular complexity index is 683. The molecule has 1 N–H and O–H groups in total. The van der Waals surface area contributed by atoms with E-state index in [9.17, 15) is 5.11 Å². The van der Waals surface area contributed by atoms with E-state index in [1.807, 2.05) is 17.9 Å². The lowest BCUT2D eigenvalue weighted by Gasteiger charge is -2.17. The van der Waals surface area contributed by atoms with Crippen LogP contribution in [0.1, 0.15) is 22.6 Å². The second kappa shape index (κ2) is 7.36. The van der Waals surface area contributed by atoms with Gasteiger partial charge in [0.2, 0.25) is 0 Å². The van der Waals surface area contributed by atoms with Gasteiger partial charge in [0.15, 0.2) is 0 Å². The van der Waals surface area contributed by atoms with E-state index in [2.05, 4.69) is 48.2 Å². The van der Waals surface area contributed by atoms with Crippen LogP contribution in [0.4, 0.5) is 0 Å². The molecule has 1 aromatic heterocycles. The fourth-order valence-electron chi connectivity index (χ4n) is 3.48. The number of hydrogen-bond donors (Lipinski definition) is 1. The van der Waals surface area contributed by atoms with Crippen LogP contribution in [0.15, 0.2) is 30.6 Å². The first-order chi connectivity index (χ1) is 11.6. The summed E-state index contributed by atoms with van der Waals surface area (Å²) in [6, 6.07) is 6.29. The van der Waals surface area contributed by atoms with E-state index >= 15 is 0 Å². The van der Waals surface area contributed by atoms with Crippen molar-refractivity contribution in [3.05, 3.63) is 47.3 Å². The van der Waals surface area contributed by atoms with Crippen molar-refractivity contribution >= 4 is 0 Å². The highest BCUT2D eigenvalue weighted by Crippen LogP contribution is 2.32. The van der Waals surface area contributed by atoms with Gasteiger partial charge in [-0.25, -0.2) is 0 Å². The summed E-state index contributed by atoms with van der Waals surface area (Å²) in [6.45, 7) is 7.78. The highest BCUT2D eigenvalue weighted by atomic mass is 16.5. The minimum absolute atomic E-state index is 0.216. The monoisotopic (exact) mass is 329 g/mol. The molecule has 0 saturated carbocycles. The number of rotatable bonds is 6. The minimum atomic E-state index is 0.216. The van der Waals surface area contributed by atoms with Crippen molar-refractivity contribution in [2.45, 2.75) is 19.8 Å². The molecule has 0 bridgehead atoms. The number of nitrogens with zero attached hydrogens (tertiary/aromatic N) is 3. The molecule has 0 aliphatic carbocycles. The van der Waals surface area contributed by atoms with Crippen molar-refractivity contribution < 1.29 is 9.84 Å². The van der Waals surface area contributed by atoms with E-state index < -0.39 is 0 Å². The molecule has 0 radical (unpaired) electrons. The molecular formula is C19H27N3O2. The van der Waals surface area contributed by atoms with Crippen LogP contribution in [0.5, 0.6) is 5.75 Å². The number of aliphatic hydroxyl groups is 1. The lowest BCUT2D eigenvalue weighted by Crippen LogP contribution is -2.26. The number of benzene rings is 1. The third-order valence-electron chi connectivity index (χ3n) is 4.91. The van der Waals surface area contributed by atoms with Gasteiger partial charge in [0, 0.05) is 51.3 Å². The first-order valence-corrected chi connectivity index (χ1v) is 8.58. The van der Waals surface area contributed by atoms with Crippen LogP contribution in [-0.2, 0) is 7.05 Å². The Hall–Kier alpha value is -1.85. The predicted octanol–water partition coefficient (Wildman–Crippen LogP) is 2.12. The van der Waals surface area contributed by atoms with Crippen molar-refractivity contribution in [2.24, 2.45) is 13.0 Å². The molecule has 24 heavy (non-hydrogen) atoms. The van der Waals surface area contributed by atoms with Gasteiger partial charge in [-0.05, 0) is 36.6 Å². The summed E-state index contributed by atoms with van der Waals surface area (Å²) in [5.74, 6) is 1.59. The molecule has 0 spiro atoms. The molecule has 5 nitrogen and oxygen atoms in total. The number of aliphatic hydroxyl groups excluding tert-OH is 1. The molecule has 2 aromatic rings. The van der Waals surface area contributed by atoms with Gasteiger partial charge in [-0.3, -0.25) is 9.58 Å². The zero-order chi connectivity index (χ0) is 17.1. The second-order valence-corrected chi connectivity index (χ2v) is 6.87. The van der Waals surface area contributed by atoms with E-state index in [1.165, 1.54) is 16.7 Å². The first-order valence-electron chi connectivity index (χ1n) is 8.58. The summed E-state index contributed by atoms with van der Waals surface area (Å²) in [5, 5.41) is 14.0. The molecule has 2 heterocycles. The molecule has 1 saturated heterocycles. The second-order valence-electron chi connectivity index (χ2n) is 6.87. The Morgan fingerprint density at radius 1 is 1.29 bits per heavy atom. The number of likely N-dealkylation sites (tertiary alicyclic amines) is 1. The molecule has 5 heteroatoms. The zero-order valence-electron chi connectivity index (χ0n) is 14.8. The van der Waals surface area contributed by atoms with Crippen LogP contribution >= 0.6 is 0 Å². The van der Waals surface area contributed by atoms with Gasteiger partial charge >= 0.3 is 0 Å². The van der Waals surface area contributed by atoms with Crippen molar-refractivity contribution in [3.63, 3.8) is 0 Å². The van der Waals surface area contributed by atoms with Gasteiger partial charge in [0.1, 0.15) is 12.4 Å². The average molecular weight is 329 g/mol. The summed E-state index contributed by atoms with van der Waals surface area (Å²) >= 11 is 0. The van der Waals surface area contributed by atoms with Gasteiger partial charge in [-0.1, -0.05) is 12.1 Å². The number of hydrogen-bond acceptors (Lipinski definition) is 4. The highest BCUT2D eigenvalue weighted by molar-refractivity contribution is 5.35. The van der Waals surface area contributed by atoms with Crippen LogP contribution in [0, 0.1) is 19.8 Å².